The van der Waals surface area contributed by atoms with E-state index in [0.29, 0.717) is 5.92 Å². The number of aromatic nitrogens is 1. The number of hydrogen-bond acceptors (Lipinski definition) is 2. The number of pyridine rings is 1. The van der Waals surface area contributed by atoms with Gasteiger partial charge in [0.05, 0.1) is 6.20 Å². The molecule has 2 rings (SSSR count). The van der Waals surface area contributed by atoms with Crippen LogP contribution in [0.1, 0.15) is 45.2 Å². The fourth-order valence-corrected chi connectivity index (χ4v) is 1.36. The average Bonchev–Trinajstić information content (AvgIpc) is 2.84. The highest BCUT2D eigenvalue weighted by Gasteiger charge is 2.40. The maximum Gasteiger partial charge on any atom is 0.138 e. The predicted octanol–water partition coefficient (Wildman–Crippen LogP) is 3.14. The SMILES string of the molecule is CC(C)c1ccc(OC2(C)CC2)cn1. The molecule has 76 valence electrons. The van der Waals surface area contributed by atoms with Gasteiger partial charge in [-0.25, -0.2) is 0 Å². The van der Waals surface area contributed by atoms with E-state index in [-0.39, 0.29) is 5.60 Å². The first-order chi connectivity index (χ1) is 6.59. The Balaban J connectivity index is 2.06. The Kier molecular flexibility index (Phi) is 2.22. The minimum atomic E-state index is 0.0982. The Labute approximate surface area is 85.3 Å². The Hall–Kier alpha value is -1.05. The summed E-state index contributed by atoms with van der Waals surface area (Å²) in [5.41, 5.74) is 1.22. The van der Waals surface area contributed by atoms with Gasteiger partial charge in [0.25, 0.3) is 0 Å². The van der Waals surface area contributed by atoms with Crippen LogP contribution in [0.2, 0.25) is 0 Å². The normalized spacial score (nSPS) is 18.3. The Morgan fingerprint density at radius 2 is 2.07 bits per heavy atom. The fraction of sp³-hybridized carbons (Fsp3) is 0.583. The van der Waals surface area contributed by atoms with Gasteiger partial charge in [-0.2, -0.15) is 0 Å². The molecule has 0 atom stereocenters. The zero-order chi connectivity index (χ0) is 10.2. The maximum atomic E-state index is 5.79. The summed E-state index contributed by atoms with van der Waals surface area (Å²) in [6, 6.07) is 4.07. The van der Waals surface area contributed by atoms with Crippen LogP contribution in [-0.4, -0.2) is 10.6 Å². The molecule has 0 aliphatic heterocycles. The molecule has 1 aromatic heterocycles. The number of hydrogen-bond donors (Lipinski definition) is 0. The van der Waals surface area contributed by atoms with Crippen molar-refractivity contribution in [2.24, 2.45) is 0 Å². The van der Waals surface area contributed by atoms with E-state index in [4.69, 9.17) is 4.74 Å². The van der Waals surface area contributed by atoms with E-state index in [9.17, 15) is 0 Å². The highest BCUT2D eigenvalue weighted by atomic mass is 16.5. The minimum Gasteiger partial charge on any atom is -0.486 e. The molecule has 0 radical (unpaired) electrons. The first-order valence-corrected chi connectivity index (χ1v) is 5.24. The lowest BCUT2D eigenvalue weighted by Crippen LogP contribution is -2.12. The van der Waals surface area contributed by atoms with Crippen LogP contribution in [0.5, 0.6) is 5.75 Å². The first-order valence-electron chi connectivity index (χ1n) is 5.24. The van der Waals surface area contributed by atoms with E-state index >= 15 is 0 Å². The predicted molar refractivity (Wildman–Crippen MR) is 56.6 cm³/mol. The van der Waals surface area contributed by atoms with Crippen LogP contribution in [0.15, 0.2) is 18.3 Å². The number of rotatable bonds is 3. The molecule has 1 heterocycles. The van der Waals surface area contributed by atoms with Crippen molar-refractivity contribution in [2.75, 3.05) is 0 Å². The third-order valence-corrected chi connectivity index (χ3v) is 2.67. The summed E-state index contributed by atoms with van der Waals surface area (Å²) >= 11 is 0. The van der Waals surface area contributed by atoms with E-state index < -0.39 is 0 Å². The van der Waals surface area contributed by atoms with Crippen LogP contribution in [0.25, 0.3) is 0 Å². The van der Waals surface area contributed by atoms with Crippen molar-refractivity contribution < 1.29 is 4.74 Å². The van der Waals surface area contributed by atoms with Gasteiger partial charge in [-0.15, -0.1) is 0 Å². The monoisotopic (exact) mass is 191 g/mol. The molecule has 14 heavy (non-hydrogen) atoms. The summed E-state index contributed by atoms with van der Waals surface area (Å²) in [5.74, 6) is 1.38. The topological polar surface area (TPSA) is 22.1 Å². The van der Waals surface area contributed by atoms with E-state index in [1.54, 1.807) is 0 Å². The second kappa shape index (κ2) is 3.26. The van der Waals surface area contributed by atoms with Gasteiger partial charge in [-0.05, 0) is 37.8 Å². The molecular weight excluding hydrogens is 174 g/mol. The van der Waals surface area contributed by atoms with Gasteiger partial charge < -0.3 is 4.74 Å². The lowest BCUT2D eigenvalue weighted by molar-refractivity contribution is 0.199. The van der Waals surface area contributed by atoms with Gasteiger partial charge in [0.2, 0.25) is 0 Å². The summed E-state index contributed by atoms with van der Waals surface area (Å²) in [6.07, 6.45) is 4.16. The Morgan fingerprint density at radius 1 is 1.36 bits per heavy atom. The lowest BCUT2D eigenvalue weighted by atomic mass is 10.1. The summed E-state index contributed by atoms with van der Waals surface area (Å²) in [6.45, 7) is 6.43. The van der Waals surface area contributed by atoms with E-state index in [2.05, 4.69) is 25.8 Å². The van der Waals surface area contributed by atoms with Gasteiger partial charge in [0, 0.05) is 5.69 Å². The summed E-state index contributed by atoms with van der Waals surface area (Å²) in [7, 11) is 0. The van der Waals surface area contributed by atoms with Crippen molar-refractivity contribution in [3.8, 4) is 5.75 Å². The van der Waals surface area contributed by atoms with Crippen LogP contribution < -0.4 is 4.74 Å². The second-order valence-electron chi connectivity index (χ2n) is 4.63. The van der Waals surface area contributed by atoms with Crippen molar-refractivity contribution in [1.29, 1.82) is 0 Å². The highest BCUT2D eigenvalue weighted by Crippen LogP contribution is 2.39. The zero-order valence-corrected chi connectivity index (χ0v) is 9.08. The molecule has 0 unspecified atom stereocenters. The van der Waals surface area contributed by atoms with Gasteiger partial charge in [-0.3, -0.25) is 4.98 Å². The summed E-state index contributed by atoms with van der Waals surface area (Å²) in [4.78, 5) is 4.37. The van der Waals surface area contributed by atoms with Crippen molar-refractivity contribution >= 4 is 0 Å². The van der Waals surface area contributed by atoms with Crippen LogP contribution in [0, 0.1) is 0 Å². The zero-order valence-electron chi connectivity index (χ0n) is 9.08. The van der Waals surface area contributed by atoms with Crippen LogP contribution in [0.3, 0.4) is 0 Å². The third kappa shape index (κ3) is 2.06. The van der Waals surface area contributed by atoms with E-state index in [1.165, 1.54) is 12.8 Å². The Morgan fingerprint density at radius 3 is 2.50 bits per heavy atom. The summed E-state index contributed by atoms with van der Waals surface area (Å²) in [5, 5.41) is 0. The molecule has 0 saturated heterocycles. The molecule has 0 N–H and O–H groups in total. The van der Waals surface area contributed by atoms with Crippen molar-refractivity contribution in [1.82, 2.24) is 4.98 Å². The molecular formula is C12H17NO. The van der Waals surface area contributed by atoms with Gasteiger partial charge in [0.15, 0.2) is 0 Å². The average molecular weight is 191 g/mol. The first kappa shape index (κ1) is 9.50. The highest BCUT2D eigenvalue weighted by molar-refractivity contribution is 5.23. The summed E-state index contributed by atoms with van der Waals surface area (Å²) < 4.78 is 5.79. The van der Waals surface area contributed by atoms with Gasteiger partial charge in [0.1, 0.15) is 11.4 Å². The molecule has 0 bridgehead atoms. The fourth-order valence-electron chi connectivity index (χ4n) is 1.36. The second-order valence-corrected chi connectivity index (χ2v) is 4.63. The molecule has 1 aliphatic carbocycles. The molecule has 0 aromatic carbocycles. The number of nitrogens with zero attached hydrogens (tertiary/aromatic N) is 1. The van der Waals surface area contributed by atoms with Gasteiger partial charge >= 0.3 is 0 Å². The lowest BCUT2D eigenvalue weighted by Gasteiger charge is -2.12. The van der Waals surface area contributed by atoms with E-state index in [0.717, 1.165) is 11.4 Å². The molecule has 0 amide bonds. The molecule has 1 fully saturated rings. The standard InChI is InChI=1S/C12H17NO/c1-9(2)11-5-4-10(8-13-11)14-12(3)6-7-12/h4-5,8-9H,6-7H2,1-3H3. The molecule has 2 nitrogen and oxygen atoms in total. The maximum absolute atomic E-state index is 5.79. The van der Waals surface area contributed by atoms with Crippen molar-refractivity contribution in [3.05, 3.63) is 24.0 Å². The third-order valence-electron chi connectivity index (χ3n) is 2.67. The quantitative estimate of drug-likeness (QED) is 0.732. The van der Waals surface area contributed by atoms with Gasteiger partial charge in [-0.1, -0.05) is 13.8 Å². The molecule has 1 aromatic rings. The minimum absolute atomic E-state index is 0.0982. The molecule has 1 aliphatic rings. The molecule has 2 heteroatoms. The van der Waals surface area contributed by atoms with Crippen LogP contribution in [-0.2, 0) is 0 Å². The molecule has 0 spiro atoms. The van der Waals surface area contributed by atoms with E-state index in [1.807, 2.05) is 18.3 Å². The van der Waals surface area contributed by atoms with Crippen molar-refractivity contribution in [3.63, 3.8) is 0 Å². The Bertz CT molecular complexity index is 312. The smallest absolute Gasteiger partial charge is 0.138 e. The van der Waals surface area contributed by atoms with Crippen LogP contribution >= 0.6 is 0 Å². The number of ether oxygens (including phenoxy) is 1. The largest absolute Gasteiger partial charge is 0.486 e. The van der Waals surface area contributed by atoms with Crippen LogP contribution in [0.4, 0.5) is 0 Å². The van der Waals surface area contributed by atoms with Crippen molar-refractivity contribution in [2.45, 2.75) is 45.1 Å². The molecule has 1 saturated carbocycles.